The highest BCUT2D eigenvalue weighted by molar-refractivity contribution is 7.91. The van der Waals surface area contributed by atoms with Crippen LogP contribution in [0.2, 0.25) is 0 Å². The molecule has 122 valence electrons. The van der Waals surface area contributed by atoms with Crippen LogP contribution in [0.3, 0.4) is 0 Å². The largest absolute Gasteiger partial charge is 0.441 e. The summed E-state index contributed by atoms with van der Waals surface area (Å²) in [6, 6.07) is 9.26. The van der Waals surface area contributed by atoms with E-state index in [1.54, 1.807) is 13.0 Å². The summed E-state index contributed by atoms with van der Waals surface area (Å²) in [5.41, 5.74) is 0.841. The number of nitrogens with one attached hydrogen (secondary N) is 2. The Labute approximate surface area is 132 Å². The number of rotatable bonds is 8. The van der Waals surface area contributed by atoms with Crippen LogP contribution < -0.4 is 4.72 Å². The maximum atomic E-state index is 12.4. The van der Waals surface area contributed by atoms with Gasteiger partial charge < -0.3 is 4.74 Å². The van der Waals surface area contributed by atoms with Crippen molar-refractivity contribution in [3.05, 3.63) is 48.6 Å². The third-order valence-corrected chi connectivity index (χ3v) is 5.38. The Balaban J connectivity index is 2.64. The first kappa shape index (κ1) is 18.2. The van der Waals surface area contributed by atoms with Crippen molar-refractivity contribution < 1.29 is 13.7 Å². The average Bonchev–Trinajstić information content (AvgIpc) is 2.47. The number of ether oxygens (including phenoxy) is 1. The molecule has 0 saturated heterocycles. The normalized spacial score (nSPS) is 16.1. The molecule has 0 bridgehead atoms. The van der Waals surface area contributed by atoms with Gasteiger partial charge in [0.1, 0.15) is 16.0 Å². The summed E-state index contributed by atoms with van der Waals surface area (Å²) in [7, 11) is -3.24. The van der Waals surface area contributed by atoms with Crippen molar-refractivity contribution in [2.24, 2.45) is 0 Å². The van der Waals surface area contributed by atoms with Crippen LogP contribution in [0.25, 0.3) is 0 Å². The van der Waals surface area contributed by atoms with Gasteiger partial charge in [-0.2, -0.15) is 0 Å². The van der Waals surface area contributed by atoms with Crippen molar-refractivity contribution in [3.63, 3.8) is 0 Å². The van der Waals surface area contributed by atoms with Gasteiger partial charge in [0.2, 0.25) is 0 Å². The summed E-state index contributed by atoms with van der Waals surface area (Å²) in [6.07, 6.45) is 2.18. The van der Waals surface area contributed by atoms with E-state index in [-0.39, 0.29) is 0 Å². The standard InChI is InChI=1S/C16H24N2O3S/c1-4-6-12-15(5-2)22(17,20)18-16(19)21-13(3)14-10-8-7-9-11-14/h4,7-11,13,15H,1,5-6,12H2,2-3H3,(H2,17,18,19,20)/t13-,15+,22?/m0/s1. The molecule has 1 unspecified atom stereocenters. The third-order valence-electron chi connectivity index (χ3n) is 3.41. The molecule has 1 amide bonds. The topological polar surface area (TPSA) is 79.3 Å². The van der Waals surface area contributed by atoms with Crippen LogP contribution >= 0.6 is 0 Å². The molecule has 1 aromatic rings. The molecule has 3 atom stereocenters. The van der Waals surface area contributed by atoms with E-state index >= 15 is 0 Å². The van der Waals surface area contributed by atoms with Gasteiger partial charge in [0, 0.05) is 0 Å². The maximum Gasteiger partial charge on any atom is 0.420 e. The first-order valence-corrected chi connectivity index (χ1v) is 8.94. The molecular formula is C16H24N2O3S. The van der Waals surface area contributed by atoms with E-state index in [0.717, 1.165) is 5.56 Å². The number of hydrogen-bond acceptors (Lipinski definition) is 4. The fourth-order valence-corrected chi connectivity index (χ4v) is 3.49. The molecule has 5 nitrogen and oxygen atoms in total. The Bertz CT molecular complexity index is 585. The Morgan fingerprint density at radius 1 is 1.45 bits per heavy atom. The highest BCUT2D eigenvalue weighted by atomic mass is 32.2. The summed E-state index contributed by atoms with van der Waals surface area (Å²) >= 11 is 0. The van der Waals surface area contributed by atoms with Crippen LogP contribution in [-0.4, -0.2) is 15.6 Å². The molecule has 0 aliphatic heterocycles. The summed E-state index contributed by atoms with van der Waals surface area (Å²) in [6.45, 7) is 7.20. The lowest BCUT2D eigenvalue weighted by Crippen LogP contribution is -2.37. The van der Waals surface area contributed by atoms with Crippen LogP contribution in [0.15, 0.2) is 43.0 Å². The first-order valence-electron chi connectivity index (χ1n) is 7.32. The van der Waals surface area contributed by atoms with Gasteiger partial charge in [-0.05, 0) is 31.7 Å². The lowest BCUT2D eigenvalue weighted by molar-refractivity contribution is 0.113. The summed E-state index contributed by atoms with van der Waals surface area (Å²) in [5.74, 6) is 0. The maximum absolute atomic E-state index is 12.4. The number of carbonyl (C=O) groups excluding carboxylic acids is 1. The zero-order valence-corrected chi connectivity index (χ0v) is 13.9. The molecule has 0 aliphatic rings. The molecular weight excluding hydrogens is 300 g/mol. The van der Waals surface area contributed by atoms with Crippen LogP contribution in [-0.2, 0) is 14.7 Å². The minimum Gasteiger partial charge on any atom is -0.441 e. The van der Waals surface area contributed by atoms with Crippen molar-refractivity contribution in [2.75, 3.05) is 0 Å². The van der Waals surface area contributed by atoms with E-state index < -0.39 is 27.4 Å². The lowest BCUT2D eigenvalue weighted by atomic mass is 10.1. The average molecular weight is 324 g/mol. The number of benzene rings is 1. The fraction of sp³-hybridized carbons (Fsp3) is 0.438. The zero-order valence-electron chi connectivity index (χ0n) is 13.1. The summed E-state index contributed by atoms with van der Waals surface area (Å²) in [5, 5.41) is -0.412. The van der Waals surface area contributed by atoms with Crippen molar-refractivity contribution in [1.29, 1.82) is 4.78 Å². The molecule has 1 aromatic carbocycles. The second-order valence-corrected chi connectivity index (χ2v) is 7.13. The number of hydrogen-bond donors (Lipinski definition) is 2. The molecule has 0 radical (unpaired) electrons. The van der Waals surface area contributed by atoms with E-state index in [0.29, 0.717) is 19.3 Å². The molecule has 0 fully saturated rings. The Morgan fingerprint density at radius 3 is 2.64 bits per heavy atom. The van der Waals surface area contributed by atoms with Gasteiger partial charge in [0.05, 0.1) is 5.25 Å². The monoisotopic (exact) mass is 324 g/mol. The molecule has 0 aliphatic carbocycles. The molecule has 1 rings (SSSR count). The Hall–Kier alpha value is -1.82. The van der Waals surface area contributed by atoms with Gasteiger partial charge in [0.25, 0.3) is 0 Å². The summed E-state index contributed by atoms with van der Waals surface area (Å²) < 4.78 is 27.7. The molecule has 2 N–H and O–H groups in total. The van der Waals surface area contributed by atoms with E-state index in [9.17, 15) is 9.00 Å². The summed E-state index contributed by atoms with van der Waals surface area (Å²) in [4.78, 5) is 11.9. The molecule has 0 saturated carbocycles. The number of amides is 1. The molecule has 0 aromatic heterocycles. The van der Waals surface area contributed by atoms with E-state index in [4.69, 9.17) is 9.52 Å². The molecule has 6 heteroatoms. The number of carbonyl (C=O) groups is 1. The zero-order chi connectivity index (χ0) is 16.6. The predicted molar refractivity (Wildman–Crippen MR) is 88.8 cm³/mol. The van der Waals surface area contributed by atoms with Gasteiger partial charge in [0.15, 0.2) is 0 Å². The third kappa shape index (κ3) is 5.52. The van der Waals surface area contributed by atoms with Crippen LogP contribution in [0.4, 0.5) is 4.79 Å². The minimum atomic E-state index is -3.24. The second kappa shape index (κ2) is 8.58. The van der Waals surface area contributed by atoms with Crippen LogP contribution in [0.5, 0.6) is 0 Å². The fourth-order valence-electron chi connectivity index (χ4n) is 2.09. The first-order chi connectivity index (χ1) is 10.4. The van der Waals surface area contributed by atoms with E-state index in [1.807, 2.05) is 37.3 Å². The second-order valence-electron chi connectivity index (χ2n) is 5.06. The van der Waals surface area contributed by atoms with Gasteiger partial charge in [-0.3, -0.25) is 0 Å². The van der Waals surface area contributed by atoms with Crippen molar-refractivity contribution in [3.8, 4) is 0 Å². The molecule has 0 heterocycles. The van der Waals surface area contributed by atoms with Crippen molar-refractivity contribution in [2.45, 2.75) is 44.5 Å². The molecule has 0 spiro atoms. The lowest BCUT2D eigenvalue weighted by Gasteiger charge is -2.20. The highest BCUT2D eigenvalue weighted by Crippen LogP contribution is 2.17. The minimum absolute atomic E-state index is 0.412. The molecule has 22 heavy (non-hydrogen) atoms. The van der Waals surface area contributed by atoms with E-state index in [2.05, 4.69) is 11.3 Å². The Kier molecular flexibility index (Phi) is 7.11. The highest BCUT2D eigenvalue weighted by Gasteiger charge is 2.23. The van der Waals surface area contributed by atoms with Crippen molar-refractivity contribution >= 4 is 16.0 Å². The van der Waals surface area contributed by atoms with Gasteiger partial charge in [-0.1, -0.05) is 43.3 Å². The van der Waals surface area contributed by atoms with E-state index in [1.165, 1.54) is 0 Å². The van der Waals surface area contributed by atoms with Gasteiger partial charge in [-0.15, -0.1) is 6.58 Å². The Morgan fingerprint density at radius 2 is 2.09 bits per heavy atom. The van der Waals surface area contributed by atoms with Crippen LogP contribution in [0, 0.1) is 4.78 Å². The van der Waals surface area contributed by atoms with Gasteiger partial charge >= 0.3 is 6.09 Å². The van der Waals surface area contributed by atoms with Crippen LogP contribution in [0.1, 0.15) is 44.8 Å². The smallest absolute Gasteiger partial charge is 0.420 e. The quantitative estimate of drug-likeness (QED) is 0.704. The number of allylic oxidation sites excluding steroid dienone is 1. The predicted octanol–water partition coefficient (Wildman–Crippen LogP) is 4.18. The van der Waals surface area contributed by atoms with Crippen molar-refractivity contribution in [1.82, 2.24) is 4.72 Å². The van der Waals surface area contributed by atoms with Gasteiger partial charge in [-0.25, -0.2) is 18.5 Å². The SMILES string of the molecule is C=CCC[C@@H](CC)S(=N)(=O)NC(=O)O[C@@H](C)c1ccccc1.